The molecule has 0 bridgehead atoms. The zero-order chi connectivity index (χ0) is 15.3. The van der Waals surface area contributed by atoms with Gasteiger partial charge in [-0.05, 0) is 50.7 Å². The average Bonchev–Trinajstić information content (AvgIpc) is 2.26. The Balaban J connectivity index is 2.87. The molecule has 114 valence electrons. The molecule has 1 aromatic carbocycles. The number of phenols is 1. The molecule has 1 aromatic rings. The lowest BCUT2D eigenvalue weighted by Gasteiger charge is -2.23. The monoisotopic (exact) mass is 300 g/mol. The van der Waals surface area contributed by atoms with Crippen LogP contribution in [0.1, 0.15) is 20.3 Å². The average molecular weight is 300 g/mol. The Morgan fingerprint density at radius 1 is 1.20 bits per heavy atom. The highest BCUT2D eigenvalue weighted by molar-refractivity contribution is 7.89. The van der Waals surface area contributed by atoms with Crippen molar-refractivity contribution in [3.8, 4) is 5.75 Å². The predicted octanol–water partition coefficient (Wildman–Crippen LogP) is 1.65. The molecule has 0 amide bonds. The molecule has 6 heteroatoms. The maximum Gasteiger partial charge on any atom is 0.240 e. The second-order valence-corrected chi connectivity index (χ2v) is 7.42. The topological polar surface area (TPSA) is 69.6 Å². The summed E-state index contributed by atoms with van der Waals surface area (Å²) in [7, 11) is 0.282. The number of aromatic hydroxyl groups is 1. The first-order chi connectivity index (χ1) is 9.20. The molecule has 0 aliphatic rings. The van der Waals surface area contributed by atoms with Gasteiger partial charge in [0.25, 0.3) is 0 Å². The van der Waals surface area contributed by atoms with Crippen molar-refractivity contribution in [1.29, 1.82) is 0 Å². The van der Waals surface area contributed by atoms with Crippen molar-refractivity contribution in [3.05, 3.63) is 24.3 Å². The van der Waals surface area contributed by atoms with Crippen LogP contribution in [-0.2, 0) is 10.0 Å². The summed E-state index contributed by atoms with van der Waals surface area (Å²) in [5.74, 6) is 0.457. The van der Waals surface area contributed by atoms with E-state index in [9.17, 15) is 13.5 Å². The van der Waals surface area contributed by atoms with Crippen LogP contribution in [0.15, 0.2) is 29.2 Å². The van der Waals surface area contributed by atoms with Gasteiger partial charge in [-0.1, -0.05) is 13.8 Å². The van der Waals surface area contributed by atoms with Crippen LogP contribution in [0, 0.1) is 5.92 Å². The molecule has 20 heavy (non-hydrogen) atoms. The highest BCUT2D eigenvalue weighted by Gasteiger charge is 2.21. The van der Waals surface area contributed by atoms with Crippen LogP contribution in [0.5, 0.6) is 5.75 Å². The Morgan fingerprint density at radius 2 is 1.75 bits per heavy atom. The van der Waals surface area contributed by atoms with Gasteiger partial charge in [0, 0.05) is 12.6 Å². The van der Waals surface area contributed by atoms with E-state index in [1.165, 1.54) is 24.3 Å². The molecule has 0 spiro atoms. The summed E-state index contributed by atoms with van der Waals surface area (Å²) in [6, 6.07) is 5.42. The number of phenolic OH excluding ortho intramolecular Hbond substituents is 1. The number of benzene rings is 1. The molecular weight excluding hydrogens is 276 g/mol. The molecule has 0 heterocycles. The van der Waals surface area contributed by atoms with Gasteiger partial charge in [0.1, 0.15) is 5.75 Å². The number of nitrogens with zero attached hydrogens (tertiary/aromatic N) is 1. The zero-order valence-electron chi connectivity index (χ0n) is 12.5. The van der Waals surface area contributed by atoms with Crippen LogP contribution in [-0.4, -0.2) is 45.1 Å². The van der Waals surface area contributed by atoms with E-state index in [4.69, 9.17) is 0 Å². The van der Waals surface area contributed by atoms with Crippen molar-refractivity contribution in [1.82, 2.24) is 9.62 Å². The second-order valence-electron chi connectivity index (χ2n) is 5.70. The van der Waals surface area contributed by atoms with Crippen LogP contribution in [0.25, 0.3) is 0 Å². The third-order valence-corrected chi connectivity index (χ3v) is 4.35. The fourth-order valence-corrected chi connectivity index (χ4v) is 3.32. The van der Waals surface area contributed by atoms with Crippen molar-refractivity contribution < 1.29 is 13.5 Å². The van der Waals surface area contributed by atoms with E-state index in [0.717, 1.165) is 6.42 Å². The Labute approximate surface area is 121 Å². The van der Waals surface area contributed by atoms with E-state index in [1.54, 1.807) is 0 Å². The first-order valence-electron chi connectivity index (χ1n) is 6.67. The molecule has 2 N–H and O–H groups in total. The van der Waals surface area contributed by atoms with E-state index in [0.29, 0.717) is 12.5 Å². The van der Waals surface area contributed by atoms with Gasteiger partial charge in [0.05, 0.1) is 4.90 Å². The fraction of sp³-hybridized carbons (Fsp3) is 0.571. The van der Waals surface area contributed by atoms with Crippen molar-refractivity contribution in [2.24, 2.45) is 5.92 Å². The molecule has 1 unspecified atom stereocenters. The Morgan fingerprint density at radius 3 is 2.20 bits per heavy atom. The maximum absolute atomic E-state index is 12.3. The quantitative estimate of drug-likeness (QED) is 0.803. The minimum absolute atomic E-state index is 0.0518. The molecule has 0 radical (unpaired) electrons. The molecule has 1 atom stereocenters. The molecule has 1 rings (SSSR count). The summed E-state index contributed by atoms with van der Waals surface area (Å²) in [4.78, 5) is 2.13. The van der Waals surface area contributed by atoms with Gasteiger partial charge in [-0.3, -0.25) is 0 Å². The largest absolute Gasteiger partial charge is 0.508 e. The third kappa shape index (κ3) is 5.48. The molecule has 0 saturated heterocycles. The Bertz CT molecular complexity index is 500. The van der Waals surface area contributed by atoms with Gasteiger partial charge in [0.15, 0.2) is 0 Å². The van der Waals surface area contributed by atoms with Gasteiger partial charge in [-0.25, -0.2) is 13.1 Å². The molecule has 0 fully saturated rings. The van der Waals surface area contributed by atoms with Gasteiger partial charge in [-0.2, -0.15) is 0 Å². The van der Waals surface area contributed by atoms with Crippen LogP contribution in [0.3, 0.4) is 0 Å². The minimum atomic E-state index is -3.56. The summed E-state index contributed by atoms with van der Waals surface area (Å²) in [5, 5.41) is 9.22. The molecular formula is C14H24N2O3S. The number of nitrogens with one attached hydrogen (secondary N) is 1. The van der Waals surface area contributed by atoms with E-state index >= 15 is 0 Å². The number of hydrogen-bond acceptors (Lipinski definition) is 4. The molecule has 0 aliphatic carbocycles. The zero-order valence-corrected chi connectivity index (χ0v) is 13.3. The summed E-state index contributed by atoms with van der Waals surface area (Å²) in [6.45, 7) is 4.78. The van der Waals surface area contributed by atoms with E-state index in [2.05, 4.69) is 18.6 Å². The summed E-state index contributed by atoms with van der Waals surface area (Å²) >= 11 is 0. The number of sulfonamides is 1. The number of hydrogen-bond donors (Lipinski definition) is 2. The van der Waals surface area contributed by atoms with E-state index in [-0.39, 0.29) is 16.7 Å². The van der Waals surface area contributed by atoms with Gasteiger partial charge in [-0.15, -0.1) is 0 Å². The number of likely N-dealkylation sites (N-methyl/N-ethyl adjacent to an activating group) is 1. The lowest BCUT2D eigenvalue weighted by atomic mass is 10.0. The van der Waals surface area contributed by atoms with Crippen molar-refractivity contribution >= 4 is 10.0 Å². The van der Waals surface area contributed by atoms with Crippen LogP contribution in [0.4, 0.5) is 0 Å². The van der Waals surface area contributed by atoms with E-state index < -0.39 is 10.0 Å². The SMILES string of the molecule is CC(C)CC(CN(C)C)NS(=O)(=O)c1ccc(O)cc1. The van der Waals surface area contributed by atoms with Gasteiger partial charge in [0.2, 0.25) is 10.0 Å². The maximum atomic E-state index is 12.3. The van der Waals surface area contributed by atoms with Gasteiger partial charge >= 0.3 is 0 Å². The standard InChI is InChI=1S/C14H24N2O3S/c1-11(2)9-12(10-16(3)4)15-20(18,19)14-7-5-13(17)6-8-14/h5-8,11-12,15,17H,9-10H2,1-4H3. The first-order valence-corrected chi connectivity index (χ1v) is 8.15. The lowest BCUT2D eigenvalue weighted by Crippen LogP contribution is -2.42. The highest BCUT2D eigenvalue weighted by Crippen LogP contribution is 2.16. The molecule has 0 aromatic heterocycles. The summed E-state index contributed by atoms with van der Waals surface area (Å²) < 4.78 is 27.4. The predicted molar refractivity (Wildman–Crippen MR) is 80.2 cm³/mol. The Kier molecular flexibility index (Phi) is 5.98. The van der Waals surface area contributed by atoms with Crippen molar-refractivity contribution in [2.45, 2.75) is 31.2 Å². The van der Waals surface area contributed by atoms with Crippen molar-refractivity contribution in [2.75, 3.05) is 20.6 Å². The van der Waals surface area contributed by atoms with E-state index in [1.807, 2.05) is 19.0 Å². The normalized spacial score (nSPS) is 13.9. The van der Waals surface area contributed by atoms with Gasteiger partial charge < -0.3 is 10.0 Å². The second kappa shape index (κ2) is 7.06. The third-order valence-electron chi connectivity index (χ3n) is 2.81. The fourth-order valence-electron chi connectivity index (χ4n) is 2.08. The highest BCUT2D eigenvalue weighted by atomic mass is 32.2. The Hall–Kier alpha value is -1.11. The molecule has 0 saturated carbocycles. The van der Waals surface area contributed by atoms with Crippen LogP contribution < -0.4 is 4.72 Å². The minimum Gasteiger partial charge on any atom is -0.508 e. The summed E-state index contributed by atoms with van der Waals surface area (Å²) in [6.07, 6.45) is 0.773. The number of rotatable bonds is 7. The lowest BCUT2D eigenvalue weighted by molar-refractivity contribution is 0.329. The first kappa shape index (κ1) is 16.9. The summed E-state index contributed by atoms with van der Waals surface area (Å²) in [5.41, 5.74) is 0. The van der Waals surface area contributed by atoms with Crippen LogP contribution in [0.2, 0.25) is 0 Å². The smallest absolute Gasteiger partial charge is 0.240 e. The van der Waals surface area contributed by atoms with Crippen LogP contribution >= 0.6 is 0 Å². The molecule has 0 aliphatic heterocycles. The molecule has 5 nitrogen and oxygen atoms in total. The van der Waals surface area contributed by atoms with Crippen molar-refractivity contribution in [3.63, 3.8) is 0 Å².